The summed E-state index contributed by atoms with van der Waals surface area (Å²) >= 11 is 0. The Morgan fingerprint density at radius 2 is 2.18 bits per heavy atom. The van der Waals surface area contributed by atoms with E-state index in [-0.39, 0.29) is 0 Å². The third-order valence-electron chi connectivity index (χ3n) is 2.39. The van der Waals surface area contributed by atoms with Gasteiger partial charge in [-0.25, -0.2) is 0 Å². The highest BCUT2D eigenvalue weighted by Crippen LogP contribution is 2.26. The Bertz CT molecular complexity index is 108. The van der Waals surface area contributed by atoms with Gasteiger partial charge in [0.25, 0.3) is 0 Å². The van der Waals surface area contributed by atoms with E-state index in [9.17, 15) is 0 Å². The van der Waals surface area contributed by atoms with Crippen molar-refractivity contribution < 1.29 is 0 Å². The Morgan fingerprint density at radius 3 is 2.55 bits per heavy atom. The third-order valence-corrected chi connectivity index (χ3v) is 2.39. The average Bonchev–Trinajstić information content (AvgIpc) is 1.77. The van der Waals surface area contributed by atoms with E-state index in [4.69, 9.17) is 5.73 Å². The molecule has 0 aromatic carbocycles. The normalized spacial score (nSPS) is 21.8. The van der Waals surface area contributed by atoms with Gasteiger partial charge < -0.3 is 10.6 Å². The molecule has 2 N–H and O–H groups in total. The van der Waals surface area contributed by atoms with Crippen molar-refractivity contribution >= 4 is 0 Å². The van der Waals surface area contributed by atoms with Gasteiger partial charge in [-0.15, -0.1) is 0 Å². The van der Waals surface area contributed by atoms with E-state index in [2.05, 4.69) is 18.9 Å². The van der Waals surface area contributed by atoms with Crippen molar-refractivity contribution in [1.82, 2.24) is 4.90 Å². The van der Waals surface area contributed by atoms with Crippen LogP contribution in [0, 0.1) is 5.92 Å². The summed E-state index contributed by atoms with van der Waals surface area (Å²) in [7, 11) is 2.17. The van der Waals surface area contributed by atoms with Crippen LogP contribution >= 0.6 is 0 Å². The molecule has 0 amide bonds. The molecule has 1 saturated carbocycles. The van der Waals surface area contributed by atoms with Gasteiger partial charge in [0.15, 0.2) is 0 Å². The second-order valence-electron chi connectivity index (χ2n) is 4.00. The molecule has 1 atom stereocenters. The van der Waals surface area contributed by atoms with Crippen LogP contribution in [-0.2, 0) is 0 Å². The molecule has 0 radical (unpaired) electrons. The van der Waals surface area contributed by atoms with Crippen molar-refractivity contribution in [2.24, 2.45) is 11.7 Å². The molecule has 0 saturated heterocycles. The summed E-state index contributed by atoms with van der Waals surface area (Å²) in [6.45, 7) is 4.36. The lowest BCUT2D eigenvalue weighted by molar-refractivity contribution is 0.200. The number of nitrogens with two attached hydrogens (primary N) is 1. The minimum absolute atomic E-state index is 0.320. The summed E-state index contributed by atoms with van der Waals surface area (Å²) in [4.78, 5) is 2.36. The van der Waals surface area contributed by atoms with Crippen molar-refractivity contribution in [2.75, 3.05) is 20.1 Å². The lowest BCUT2D eigenvalue weighted by Gasteiger charge is -2.30. The predicted molar refractivity (Wildman–Crippen MR) is 48.5 cm³/mol. The van der Waals surface area contributed by atoms with E-state index in [0.717, 1.165) is 12.5 Å². The smallest absolute Gasteiger partial charge is 0.0139 e. The van der Waals surface area contributed by atoms with Gasteiger partial charge in [-0.3, -0.25) is 0 Å². The maximum Gasteiger partial charge on any atom is 0.0139 e. The van der Waals surface area contributed by atoms with Crippen LogP contribution < -0.4 is 5.73 Å². The maximum absolute atomic E-state index is 5.69. The first-order valence-electron chi connectivity index (χ1n) is 4.62. The number of rotatable bonds is 4. The minimum atomic E-state index is 0.320. The fourth-order valence-corrected chi connectivity index (χ4v) is 1.68. The zero-order valence-electron chi connectivity index (χ0n) is 7.71. The Kier molecular flexibility index (Phi) is 3.34. The highest BCUT2D eigenvalue weighted by molar-refractivity contribution is 4.73. The van der Waals surface area contributed by atoms with Gasteiger partial charge in [0, 0.05) is 19.1 Å². The zero-order valence-corrected chi connectivity index (χ0v) is 7.71. The van der Waals surface area contributed by atoms with Crippen molar-refractivity contribution in [3.05, 3.63) is 0 Å². The van der Waals surface area contributed by atoms with E-state index in [1.54, 1.807) is 0 Å². The number of hydrogen-bond acceptors (Lipinski definition) is 2. The van der Waals surface area contributed by atoms with Crippen LogP contribution in [0.3, 0.4) is 0 Å². The topological polar surface area (TPSA) is 29.3 Å². The molecule has 66 valence electrons. The van der Waals surface area contributed by atoms with Gasteiger partial charge in [0.2, 0.25) is 0 Å². The summed E-state index contributed by atoms with van der Waals surface area (Å²) in [5.74, 6) is 0.971. The maximum atomic E-state index is 5.69. The Balaban J connectivity index is 2.04. The third kappa shape index (κ3) is 3.21. The summed E-state index contributed by atoms with van der Waals surface area (Å²) in [5.41, 5.74) is 5.69. The van der Waals surface area contributed by atoms with Crippen molar-refractivity contribution in [3.63, 3.8) is 0 Å². The van der Waals surface area contributed by atoms with E-state index >= 15 is 0 Å². The van der Waals surface area contributed by atoms with E-state index in [1.807, 2.05) is 0 Å². The fraction of sp³-hybridized carbons (Fsp3) is 1.00. The lowest BCUT2D eigenvalue weighted by atomic mass is 9.85. The first-order chi connectivity index (χ1) is 5.18. The second kappa shape index (κ2) is 4.07. The largest absolute Gasteiger partial charge is 0.327 e. The van der Waals surface area contributed by atoms with Crippen molar-refractivity contribution in [2.45, 2.75) is 32.2 Å². The molecule has 1 aliphatic carbocycles. The average molecular weight is 156 g/mol. The molecule has 2 nitrogen and oxygen atoms in total. The fourth-order valence-electron chi connectivity index (χ4n) is 1.68. The highest BCUT2D eigenvalue weighted by Gasteiger charge is 2.18. The SMILES string of the molecule is C[C@@H](N)CN(C)CC1CCC1. The van der Waals surface area contributed by atoms with Crippen LogP contribution in [0.1, 0.15) is 26.2 Å². The summed E-state index contributed by atoms with van der Waals surface area (Å²) < 4.78 is 0. The Morgan fingerprint density at radius 1 is 1.55 bits per heavy atom. The van der Waals surface area contributed by atoms with Crippen molar-refractivity contribution in [3.8, 4) is 0 Å². The Labute approximate surface area is 69.8 Å². The standard InChI is InChI=1S/C9H20N2/c1-8(10)6-11(2)7-9-4-3-5-9/h8-9H,3-7,10H2,1-2H3/t8-/m1/s1. The number of hydrogen-bond donors (Lipinski definition) is 1. The molecule has 0 heterocycles. The Hall–Kier alpha value is -0.0800. The van der Waals surface area contributed by atoms with Crippen LogP contribution in [0.4, 0.5) is 0 Å². The van der Waals surface area contributed by atoms with Gasteiger partial charge in [0.05, 0.1) is 0 Å². The van der Waals surface area contributed by atoms with E-state index < -0.39 is 0 Å². The molecular weight excluding hydrogens is 136 g/mol. The van der Waals surface area contributed by atoms with E-state index in [1.165, 1.54) is 25.8 Å². The molecule has 0 bridgehead atoms. The quantitative estimate of drug-likeness (QED) is 0.659. The summed E-state index contributed by atoms with van der Waals surface area (Å²) in [5, 5.41) is 0. The van der Waals surface area contributed by atoms with Gasteiger partial charge in [-0.05, 0) is 32.7 Å². The van der Waals surface area contributed by atoms with Crippen LogP contribution in [0.25, 0.3) is 0 Å². The van der Waals surface area contributed by atoms with Gasteiger partial charge >= 0.3 is 0 Å². The van der Waals surface area contributed by atoms with Crippen molar-refractivity contribution in [1.29, 1.82) is 0 Å². The second-order valence-corrected chi connectivity index (χ2v) is 4.00. The molecule has 0 aromatic heterocycles. The summed E-state index contributed by atoms with van der Waals surface area (Å²) in [6, 6.07) is 0.320. The highest BCUT2D eigenvalue weighted by atomic mass is 15.1. The lowest BCUT2D eigenvalue weighted by Crippen LogP contribution is -2.37. The van der Waals surface area contributed by atoms with Gasteiger partial charge in [0.1, 0.15) is 0 Å². The van der Waals surface area contributed by atoms with Crippen LogP contribution in [0.15, 0.2) is 0 Å². The molecule has 0 aromatic rings. The molecule has 1 aliphatic rings. The monoisotopic (exact) mass is 156 g/mol. The first-order valence-corrected chi connectivity index (χ1v) is 4.62. The first kappa shape index (κ1) is 9.01. The molecule has 0 aliphatic heterocycles. The zero-order chi connectivity index (χ0) is 8.27. The minimum Gasteiger partial charge on any atom is -0.327 e. The summed E-state index contributed by atoms with van der Waals surface area (Å²) in [6.07, 6.45) is 4.31. The van der Waals surface area contributed by atoms with E-state index in [0.29, 0.717) is 6.04 Å². The molecule has 11 heavy (non-hydrogen) atoms. The molecule has 0 spiro atoms. The molecule has 0 unspecified atom stereocenters. The van der Waals surface area contributed by atoms with Crippen LogP contribution in [0.5, 0.6) is 0 Å². The predicted octanol–water partition coefficient (Wildman–Crippen LogP) is 1.07. The number of nitrogens with zero attached hydrogens (tertiary/aromatic N) is 1. The molecule has 1 rings (SSSR count). The molecule has 1 fully saturated rings. The van der Waals surface area contributed by atoms with Crippen LogP contribution in [0.2, 0.25) is 0 Å². The molecular formula is C9H20N2. The van der Waals surface area contributed by atoms with Crippen LogP contribution in [-0.4, -0.2) is 31.1 Å². The van der Waals surface area contributed by atoms with Gasteiger partial charge in [-0.2, -0.15) is 0 Å². The van der Waals surface area contributed by atoms with Gasteiger partial charge in [-0.1, -0.05) is 6.42 Å². The number of likely N-dealkylation sites (N-methyl/N-ethyl adjacent to an activating group) is 1. The molecule has 2 heteroatoms.